The summed E-state index contributed by atoms with van der Waals surface area (Å²) in [5.74, 6) is -0.403. The van der Waals surface area contributed by atoms with Crippen molar-refractivity contribution in [2.75, 3.05) is 6.54 Å². The predicted molar refractivity (Wildman–Crippen MR) is 97.8 cm³/mol. The van der Waals surface area contributed by atoms with Gasteiger partial charge >= 0.3 is 0 Å². The molecule has 2 aromatic rings. The van der Waals surface area contributed by atoms with E-state index in [2.05, 4.69) is 6.92 Å². The van der Waals surface area contributed by atoms with Crippen LogP contribution in [0, 0.1) is 0 Å². The molecule has 0 bridgehead atoms. The first-order valence-corrected chi connectivity index (χ1v) is 9.03. The summed E-state index contributed by atoms with van der Waals surface area (Å²) in [5.41, 5.74) is 2.19. The van der Waals surface area contributed by atoms with Crippen molar-refractivity contribution in [3.63, 3.8) is 0 Å². The van der Waals surface area contributed by atoms with E-state index in [0.717, 1.165) is 48.3 Å². The summed E-state index contributed by atoms with van der Waals surface area (Å²) in [7, 11) is 0. The quantitative estimate of drug-likeness (QED) is 0.413. The lowest BCUT2D eigenvalue weighted by Gasteiger charge is -2.27. The summed E-state index contributed by atoms with van der Waals surface area (Å²) >= 11 is 0. The van der Waals surface area contributed by atoms with E-state index >= 15 is 0 Å². The van der Waals surface area contributed by atoms with Crippen molar-refractivity contribution < 1.29 is 14.4 Å². The molecule has 2 aromatic carbocycles. The number of hydrogen-bond acceptors (Lipinski definition) is 3. The van der Waals surface area contributed by atoms with Crippen molar-refractivity contribution in [3.8, 4) is 0 Å². The fourth-order valence-electron chi connectivity index (χ4n) is 3.54. The number of rotatable bonds is 8. The van der Waals surface area contributed by atoms with Gasteiger partial charge in [0.05, 0.1) is 0 Å². The fourth-order valence-corrected chi connectivity index (χ4v) is 3.54. The lowest BCUT2D eigenvalue weighted by atomic mass is 9.90. The molecule has 0 radical (unpaired) electrons. The summed E-state index contributed by atoms with van der Waals surface area (Å²) < 4.78 is 0. The summed E-state index contributed by atoms with van der Waals surface area (Å²) in [6.45, 7) is 2.61. The van der Waals surface area contributed by atoms with Crippen molar-refractivity contribution in [1.29, 1.82) is 0 Å². The molecule has 0 N–H and O–H groups in total. The van der Waals surface area contributed by atoms with Crippen LogP contribution in [0.25, 0.3) is 10.8 Å². The van der Waals surface area contributed by atoms with E-state index in [1.54, 1.807) is 12.1 Å². The Morgan fingerprint density at radius 3 is 2.44 bits per heavy atom. The second-order valence-electron chi connectivity index (χ2n) is 6.53. The molecule has 0 fully saturated rings. The molecule has 0 saturated heterocycles. The normalized spacial score (nSPS) is 13.6. The van der Waals surface area contributed by atoms with E-state index in [-0.39, 0.29) is 11.8 Å². The Morgan fingerprint density at radius 1 is 0.960 bits per heavy atom. The van der Waals surface area contributed by atoms with Crippen molar-refractivity contribution in [3.05, 3.63) is 47.0 Å². The highest BCUT2D eigenvalue weighted by Gasteiger charge is 2.32. The Kier molecular flexibility index (Phi) is 5.27. The highest BCUT2D eigenvalue weighted by atomic mass is 16.2. The number of carbonyl (C=O) groups is 3. The van der Waals surface area contributed by atoms with Crippen LogP contribution in [-0.4, -0.2) is 29.5 Å². The fraction of sp³-hybridized carbons (Fsp3) is 0.381. The summed E-state index contributed by atoms with van der Waals surface area (Å²) in [5, 5.41) is 1.65. The zero-order valence-corrected chi connectivity index (χ0v) is 14.6. The molecule has 0 spiro atoms. The summed E-state index contributed by atoms with van der Waals surface area (Å²) in [6.07, 6.45) is 6.04. The summed E-state index contributed by atoms with van der Waals surface area (Å²) in [6, 6.07) is 9.30. The molecule has 0 aromatic heterocycles. The number of aryl methyl sites for hydroxylation is 1. The van der Waals surface area contributed by atoms with Crippen LogP contribution in [-0.2, 0) is 11.2 Å². The second kappa shape index (κ2) is 7.60. The van der Waals surface area contributed by atoms with Crippen LogP contribution >= 0.6 is 0 Å². The Balaban J connectivity index is 1.98. The van der Waals surface area contributed by atoms with Gasteiger partial charge in [0.15, 0.2) is 0 Å². The smallest absolute Gasteiger partial charge is 0.261 e. The number of amides is 2. The van der Waals surface area contributed by atoms with E-state index in [1.807, 2.05) is 18.2 Å². The predicted octanol–water partition coefficient (Wildman–Crippen LogP) is 4.15. The number of nitrogens with zero attached hydrogens (tertiary/aromatic N) is 1. The lowest BCUT2D eigenvalue weighted by Crippen LogP contribution is -2.40. The maximum absolute atomic E-state index is 12.9. The van der Waals surface area contributed by atoms with Crippen LogP contribution in [0.1, 0.15) is 65.3 Å². The second-order valence-corrected chi connectivity index (χ2v) is 6.53. The van der Waals surface area contributed by atoms with Crippen LogP contribution < -0.4 is 0 Å². The highest BCUT2D eigenvalue weighted by Crippen LogP contribution is 2.32. The third-order valence-electron chi connectivity index (χ3n) is 4.85. The molecule has 0 aliphatic carbocycles. The van der Waals surface area contributed by atoms with Gasteiger partial charge in [-0.15, -0.1) is 0 Å². The number of carbonyl (C=O) groups excluding carboxylic acids is 3. The first-order valence-electron chi connectivity index (χ1n) is 9.03. The Bertz CT molecular complexity index is 803. The zero-order valence-electron chi connectivity index (χ0n) is 14.6. The molecule has 4 nitrogen and oxygen atoms in total. The van der Waals surface area contributed by atoms with Crippen LogP contribution in [0.4, 0.5) is 0 Å². The molecule has 4 heteroatoms. The SMILES string of the molecule is CCCCCCN1C(=O)c2cccc3c(CCC=O)ccc(c23)C1=O. The molecule has 1 heterocycles. The molecule has 2 amide bonds. The Morgan fingerprint density at radius 2 is 1.72 bits per heavy atom. The maximum atomic E-state index is 12.9. The number of imide groups is 1. The van der Waals surface area contributed by atoms with Gasteiger partial charge in [-0.2, -0.15) is 0 Å². The van der Waals surface area contributed by atoms with Gasteiger partial charge in [0.25, 0.3) is 11.8 Å². The number of hydrogen-bond donors (Lipinski definition) is 0. The molecule has 0 unspecified atom stereocenters. The molecule has 0 saturated carbocycles. The Labute approximate surface area is 147 Å². The molecular formula is C21H23NO3. The van der Waals surface area contributed by atoms with Gasteiger partial charge in [-0.3, -0.25) is 14.5 Å². The molecule has 130 valence electrons. The van der Waals surface area contributed by atoms with E-state index in [4.69, 9.17) is 0 Å². The number of unbranched alkanes of at least 4 members (excludes halogenated alkanes) is 3. The van der Waals surface area contributed by atoms with Crippen molar-refractivity contribution in [1.82, 2.24) is 4.90 Å². The molecule has 1 aliphatic rings. The van der Waals surface area contributed by atoms with Crippen LogP contribution in [0.3, 0.4) is 0 Å². The first-order chi connectivity index (χ1) is 12.2. The molecular weight excluding hydrogens is 314 g/mol. The van der Waals surface area contributed by atoms with Crippen LogP contribution in [0.5, 0.6) is 0 Å². The molecule has 25 heavy (non-hydrogen) atoms. The van der Waals surface area contributed by atoms with Gasteiger partial charge in [0, 0.05) is 29.5 Å². The van der Waals surface area contributed by atoms with E-state index in [9.17, 15) is 14.4 Å². The highest BCUT2D eigenvalue weighted by molar-refractivity contribution is 6.25. The Hall–Kier alpha value is -2.49. The molecule has 3 rings (SSSR count). The van der Waals surface area contributed by atoms with E-state index < -0.39 is 0 Å². The van der Waals surface area contributed by atoms with Gasteiger partial charge in [0.1, 0.15) is 6.29 Å². The van der Waals surface area contributed by atoms with Gasteiger partial charge in [-0.25, -0.2) is 0 Å². The van der Waals surface area contributed by atoms with E-state index in [1.165, 1.54) is 4.90 Å². The van der Waals surface area contributed by atoms with Gasteiger partial charge < -0.3 is 4.79 Å². The van der Waals surface area contributed by atoms with Crippen molar-refractivity contribution in [2.45, 2.75) is 45.4 Å². The third-order valence-corrected chi connectivity index (χ3v) is 4.85. The van der Waals surface area contributed by atoms with Crippen molar-refractivity contribution >= 4 is 28.9 Å². The maximum Gasteiger partial charge on any atom is 0.261 e. The largest absolute Gasteiger partial charge is 0.303 e. The average Bonchev–Trinajstić information content (AvgIpc) is 2.64. The number of aldehydes is 1. The topological polar surface area (TPSA) is 54.5 Å². The third kappa shape index (κ3) is 3.21. The average molecular weight is 337 g/mol. The van der Waals surface area contributed by atoms with Gasteiger partial charge in [-0.05, 0) is 35.9 Å². The minimum atomic E-state index is -0.202. The van der Waals surface area contributed by atoms with E-state index in [0.29, 0.717) is 30.5 Å². The standard InChI is InChI=1S/C21H23NO3/c1-2-3-4-5-13-22-20(24)17-10-6-9-16-15(8-7-14-23)11-12-18(19(16)17)21(22)25/h6,9-12,14H,2-5,7-8,13H2,1H3. The van der Waals surface area contributed by atoms with Gasteiger partial charge in [-0.1, -0.05) is 44.4 Å². The molecule has 0 atom stereocenters. The lowest BCUT2D eigenvalue weighted by molar-refractivity contribution is -0.107. The number of benzene rings is 2. The zero-order chi connectivity index (χ0) is 17.8. The monoisotopic (exact) mass is 337 g/mol. The van der Waals surface area contributed by atoms with Crippen LogP contribution in [0.2, 0.25) is 0 Å². The van der Waals surface area contributed by atoms with Gasteiger partial charge in [0.2, 0.25) is 0 Å². The first kappa shape index (κ1) is 17.3. The summed E-state index contributed by atoms with van der Waals surface area (Å²) in [4.78, 5) is 37.8. The minimum Gasteiger partial charge on any atom is -0.303 e. The molecule has 1 aliphatic heterocycles. The minimum absolute atomic E-state index is 0.202. The van der Waals surface area contributed by atoms with Crippen molar-refractivity contribution in [2.24, 2.45) is 0 Å². The van der Waals surface area contributed by atoms with Crippen LogP contribution in [0.15, 0.2) is 30.3 Å².